The molecule has 5 nitrogen and oxygen atoms in total. The molecule has 1 atom stereocenters. The van der Waals surface area contributed by atoms with Crippen LogP contribution in [0.3, 0.4) is 0 Å². The second-order valence-corrected chi connectivity index (χ2v) is 4.49. The van der Waals surface area contributed by atoms with Crippen molar-refractivity contribution in [2.45, 2.75) is 25.3 Å². The monoisotopic (exact) mass is 245 g/mol. The number of pyridine rings is 1. The van der Waals surface area contributed by atoms with Gasteiger partial charge in [-0.3, -0.25) is 20.9 Å². The molecular weight excluding hydrogens is 226 g/mol. The van der Waals surface area contributed by atoms with Crippen LogP contribution < -0.4 is 11.3 Å². The highest BCUT2D eigenvalue weighted by Crippen LogP contribution is 2.08. The van der Waals surface area contributed by atoms with E-state index in [1.54, 1.807) is 6.20 Å². The van der Waals surface area contributed by atoms with Gasteiger partial charge in [-0.2, -0.15) is 5.10 Å². The van der Waals surface area contributed by atoms with Gasteiger partial charge in [-0.1, -0.05) is 6.07 Å². The first-order valence-corrected chi connectivity index (χ1v) is 6.10. The minimum Gasteiger partial charge on any atom is -0.276 e. The summed E-state index contributed by atoms with van der Waals surface area (Å²) in [5.41, 5.74) is 5.31. The standard InChI is InChI=1S/C13H19N5/c1-18-10-12(9-16-18)7-13(17-14)5-4-11-3-2-6-15-8-11/h2-3,6,8-10,13,17H,4-5,7,14H2,1H3. The van der Waals surface area contributed by atoms with Gasteiger partial charge in [-0.15, -0.1) is 0 Å². The Kier molecular flexibility index (Phi) is 4.44. The lowest BCUT2D eigenvalue weighted by molar-refractivity contribution is 0.491. The Balaban J connectivity index is 1.86. The van der Waals surface area contributed by atoms with E-state index in [-0.39, 0.29) is 6.04 Å². The Morgan fingerprint density at radius 2 is 2.28 bits per heavy atom. The predicted molar refractivity (Wildman–Crippen MR) is 70.6 cm³/mol. The van der Waals surface area contributed by atoms with Gasteiger partial charge in [0.25, 0.3) is 0 Å². The van der Waals surface area contributed by atoms with Crippen molar-refractivity contribution in [2.24, 2.45) is 12.9 Å². The van der Waals surface area contributed by atoms with E-state index in [4.69, 9.17) is 5.84 Å². The minimum absolute atomic E-state index is 0.259. The third-order valence-electron chi connectivity index (χ3n) is 2.98. The van der Waals surface area contributed by atoms with Crippen LogP contribution >= 0.6 is 0 Å². The lowest BCUT2D eigenvalue weighted by atomic mass is 10.0. The SMILES string of the molecule is Cn1cc(CC(CCc2cccnc2)NN)cn1. The zero-order valence-electron chi connectivity index (χ0n) is 10.6. The summed E-state index contributed by atoms with van der Waals surface area (Å²) in [5, 5.41) is 4.16. The van der Waals surface area contributed by atoms with Crippen molar-refractivity contribution < 1.29 is 0 Å². The summed E-state index contributed by atoms with van der Waals surface area (Å²) < 4.78 is 1.81. The van der Waals surface area contributed by atoms with Crippen LogP contribution in [0.25, 0.3) is 0 Å². The number of aromatic nitrogens is 3. The van der Waals surface area contributed by atoms with E-state index in [0.29, 0.717) is 0 Å². The van der Waals surface area contributed by atoms with E-state index < -0.39 is 0 Å². The number of hydrogen-bond donors (Lipinski definition) is 2. The summed E-state index contributed by atoms with van der Waals surface area (Å²) >= 11 is 0. The van der Waals surface area contributed by atoms with Gasteiger partial charge < -0.3 is 0 Å². The first-order chi connectivity index (χ1) is 8.78. The molecule has 5 heteroatoms. The second-order valence-electron chi connectivity index (χ2n) is 4.49. The Morgan fingerprint density at radius 3 is 2.89 bits per heavy atom. The van der Waals surface area contributed by atoms with Gasteiger partial charge in [-0.25, -0.2) is 0 Å². The Morgan fingerprint density at radius 1 is 1.39 bits per heavy atom. The molecule has 0 saturated heterocycles. The van der Waals surface area contributed by atoms with Crippen molar-refractivity contribution in [1.82, 2.24) is 20.2 Å². The quantitative estimate of drug-likeness (QED) is 0.584. The molecule has 2 heterocycles. The zero-order chi connectivity index (χ0) is 12.8. The van der Waals surface area contributed by atoms with Gasteiger partial charge in [-0.05, 0) is 36.5 Å². The number of hydrazine groups is 1. The van der Waals surface area contributed by atoms with E-state index >= 15 is 0 Å². The highest BCUT2D eigenvalue weighted by Gasteiger charge is 2.09. The van der Waals surface area contributed by atoms with Gasteiger partial charge in [0.1, 0.15) is 0 Å². The Bertz CT molecular complexity index is 465. The molecule has 0 spiro atoms. The van der Waals surface area contributed by atoms with Crippen molar-refractivity contribution in [3.63, 3.8) is 0 Å². The van der Waals surface area contributed by atoms with Crippen LogP contribution in [-0.2, 0) is 19.9 Å². The summed E-state index contributed by atoms with van der Waals surface area (Å²) in [6, 6.07) is 4.31. The van der Waals surface area contributed by atoms with E-state index in [1.807, 2.05) is 36.4 Å². The molecule has 0 saturated carbocycles. The number of aryl methyl sites for hydroxylation is 2. The van der Waals surface area contributed by atoms with Crippen LogP contribution in [0.1, 0.15) is 17.5 Å². The van der Waals surface area contributed by atoms with Crippen molar-refractivity contribution in [3.8, 4) is 0 Å². The van der Waals surface area contributed by atoms with Gasteiger partial charge in [0.05, 0.1) is 6.20 Å². The molecule has 96 valence electrons. The van der Waals surface area contributed by atoms with Crippen LogP contribution in [0, 0.1) is 0 Å². The number of rotatable bonds is 6. The van der Waals surface area contributed by atoms with Crippen molar-refractivity contribution in [1.29, 1.82) is 0 Å². The van der Waals surface area contributed by atoms with Crippen LogP contribution in [0.5, 0.6) is 0 Å². The molecule has 3 N–H and O–H groups in total. The molecule has 1 unspecified atom stereocenters. The predicted octanol–water partition coefficient (Wildman–Crippen LogP) is 0.822. The summed E-state index contributed by atoms with van der Waals surface area (Å²) in [7, 11) is 1.92. The van der Waals surface area contributed by atoms with E-state index in [2.05, 4.69) is 21.6 Å². The normalized spacial score (nSPS) is 12.6. The molecule has 2 aromatic rings. The van der Waals surface area contributed by atoms with Crippen molar-refractivity contribution in [2.75, 3.05) is 0 Å². The highest BCUT2D eigenvalue weighted by atomic mass is 15.2. The van der Waals surface area contributed by atoms with Gasteiger partial charge >= 0.3 is 0 Å². The molecular formula is C13H19N5. The third kappa shape index (κ3) is 3.65. The third-order valence-corrected chi connectivity index (χ3v) is 2.98. The summed E-state index contributed by atoms with van der Waals surface area (Å²) in [6.45, 7) is 0. The minimum atomic E-state index is 0.259. The maximum Gasteiger partial charge on any atom is 0.0522 e. The molecule has 2 aromatic heterocycles. The molecule has 0 bridgehead atoms. The van der Waals surface area contributed by atoms with Crippen molar-refractivity contribution in [3.05, 3.63) is 48.0 Å². The topological polar surface area (TPSA) is 68.8 Å². The van der Waals surface area contributed by atoms with E-state index in [1.165, 1.54) is 11.1 Å². The second kappa shape index (κ2) is 6.28. The molecule has 2 rings (SSSR count). The number of nitrogens with two attached hydrogens (primary N) is 1. The van der Waals surface area contributed by atoms with Crippen LogP contribution in [0.4, 0.5) is 0 Å². The van der Waals surface area contributed by atoms with Crippen LogP contribution in [0.2, 0.25) is 0 Å². The fourth-order valence-corrected chi connectivity index (χ4v) is 1.99. The van der Waals surface area contributed by atoms with Crippen LogP contribution in [0.15, 0.2) is 36.9 Å². The maximum absolute atomic E-state index is 5.60. The fourth-order valence-electron chi connectivity index (χ4n) is 1.99. The maximum atomic E-state index is 5.60. The molecule has 0 radical (unpaired) electrons. The van der Waals surface area contributed by atoms with Crippen molar-refractivity contribution >= 4 is 0 Å². The van der Waals surface area contributed by atoms with Gasteiger partial charge in [0.2, 0.25) is 0 Å². The summed E-state index contributed by atoms with van der Waals surface area (Å²) in [5.74, 6) is 5.60. The van der Waals surface area contributed by atoms with E-state index in [0.717, 1.165) is 19.3 Å². The molecule has 0 aliphatic carbocycles. The first kappa shape index (κ1) is 12.7. The summed E-state index contributed by atoms with van der Waals surface area (Å²) in [6.07, 6.45) is 10.4. The average molecular weight is 245 g/mol. The lowest BCUT2D eigenvalue weighted by Gasteiger charge is -2.14. The molecule has 0 amide bonds. The van der Waals surface area contributed by atoms with Gasteiger partial charge in [0, 0.05) is 31.7 Å². The lowest BCUT2D eigenvalue weighted by Crippen LogP contribution is -2.37. The molecule has 0 aliphatic heterocycles. The molecule has 0 fully saturated rings. The fraction of sp³-hybridized carbons (Fsp3) is 0.385. The number of hydrogen-bond acceptors (Lipinski definition) is 4. The number of nitrogens with one attached hydrogen (secondary N) is 1. The highest BCUT2D eigenvalue weighted by molar-refractivity contribution is 5.10. The largest absolute Gasteiger partial charge is 0.276 e. The summed E-state index contributed by atoms with van der Waals surface area (Å²) in [4.78, 5) is 4.11. The van der Waals surface area contributed by atoms with E-state index in [9.17, 15) is 0 Å². The zero-order valence-corrected chi connectivity index (χ0v) is 10.6. The molecule has 18 heavy (non-hydrogen) atoms. The average Bonchev–Trinajstić information content (AvgIpc) is 2.81. The molecule has 0 aromatic carbocycles. The first-order valence-electron chi connectivity index (χ1n) is 6.10. The smallest absolute Gasteiger partial charge is 0.0522 e. The Hall–Kier alpha value is -1.72. The number of nitrogens with zero attached hydrogens (tertiary/aromatic N) is 3. The van der Waals surface area contributed by atoms with Crippen LogP contribution in [-0.4, -0.2) is 20.8 Å². The molecule has 0 aliphatic rings. The Labute approximate surface area is 107 Å². The van der Waals surface area contributed by atoms with Gasteiger partial charge in [0.15, 0.2) is 0 Å².